The molecule has 0 saturated heterocycles. The van der Waals surface area contributed by atoms with Crippen molar-refractivity contribution in [3.8, 4) is 0 Å². The summed E-state index contributed by atoms with van der Waals surface area (Å²) in [6.45, 7) is 0.526. The monoisotopic (exact) mass is 395 g/mol. The Labute approximate surface area is 169 Å². The van der Waals surface area contributed by atoms with Gasteiger partial charge in [-0.15, -0.1) is 0 Å². The molecule has 4 N–H and O–H groups in total. The van der Waals surface area contributed by atoms with Crippen LogP contribution in [-0.4, -0.2) is 29.4 Å². The van der Waals surface area contributed by atoms with Crippen LogP contribution in [0.5, 0.6) is 0 Å². The highest BCUT2D eigenvalue weighted by molar-refractivity contribution is 5.95. The molecule has 3 rings (SSSR count). The summed E-state index contributed by atoms with van der Waals surface area (Å²) >= 11 is 0. The SMILES string of the molecule is NC(=O)CN(Cc1ccccc1)c1cccc(NC(=O)CC2(C(=O)O)CCC2)c1. The molecule has 2 aromatic rings. The van der Waals surface area contributed by atoms with Crippen molar-refractivity contribution >= 4 is 29.2 Å². The van der Waals surface area contributed by atoms with Crippen molar-refractivity contribution in [2.24, 2.45) is 11.1 Å². The number of anilines is 2. The molecule has 1 aliphatic carbocycles. The normalized spacial score (nSPS) is 14.5. The molecule has 29 heavy (non-hydrogen) atoms. The van der Waals surface area contributed by atoms with E-state index in [2.05, 4.69) is 5.32 Å². The Morgan fingerprint density at radius 3 is 2.38 bits per heavy atom. The van der Waals surface area contributed by atoms with E-state index >= 15 is 0 Å². The van der Waals surface area contributed by atoms with E-state index in [4.69, 9.17) is 5.73 Å². The average molecular weight is 395 g/mol. The number of carboxylic acid groups (broad SMARTS) is 1. The summed E-state index contributed by atoms with van der Waals surface area (Å²) in [7, 11) is 0. The van der Waals surface area contributed by atoms with E-state index in [0.29, 0.717) is 25.1 Å². The highest BCUT2D eigenvalue weighted by Gasteiger charge is 2.45. The fourth-order valence-electron chi connectivity index (χ4n) is 3.59. The lowest BCUT2D eigenvalue weighted by Crippen LogP contribution is -2.41. The van der Waals surface area contributed by atoms with E-state index < -0.39 is 17.3 Å². The zero-order chi connectivity index (χ0) is 20.9. The topological polar surface area (TPSA) is 113 Å². The summed E-state index contributed by atoms with van der Waals surface area (Å²) in [6.07, 6.45) is 1.84. The van der Waals surface area contributed by atoms with Gasteiger partial charge in [0.2, 0.25) is 11.8 Å². The number of carboxylic acids is 1. The molecule has 1 fully saturated rings. The van der Waals surface area contributed by atoms with Crippen LogP contribution in [0, 0.1) is 5.41 Å². The van der Waals surface area contributed by atoms with Crippen LogP contribution in [-0.2, 0) is 20.9 Å². The summed E-state index contributed by atoms with van der Waals surface area (Å²) in [4.78, 5) is 37.3. The third-order valence-corrected chi connectivity index (χ3v) is 5.32. The van der Waals surface area contributed by atoms with Crippen molar-refractivity contribution in [2.75, 3.05) is 16.8 Å². The number of rotatable bonds is 9. The van der Waals surface area contributed by atoms with E-state index in [1.54, 1.807) is 18.2 Å². The second-order valence-corrected chi connectivity index (χ2v) is 7.52. The minimum absolute atomic E-state index is 0.0361. The zero-order valence-corrected chi connectivity index (χ0v) is 16.1. The van der Waals surface area contributed by atoms with Crippen LogP contribution < -0.4 is 16.0 Å². The molecule has 0 aliphatic heterocycles. The quantitative estimate of drug-likeness (QED) is 0.604. The largest absolute Gasteiger partial charge is 0.481 e. The summed E-state index contributed by atoms with van der Waals surface area (Å²) in [5.74, 6) is -1.69. The number of benzene rings is 2. The van der Waals surface area contributed by atoms with Crippen molar-refractivity contribution in [1.29, 1.82) is 0 Å². The van der Waals surface area contributed by atoms with Gasteiger partial charge in [0.1, 0.15) is 0 Å². The smallest absolute Gasteiger partial charge is 0.310 e. The molecule has 0 spiro atoms. The van der Waals surface area contributed by atoms with Gasteiger partial charge in [0.25, 0.3) is 0 Å². The fraction of sp³-hybridized carbons (Fsp3) is 0.318. The minimum Gasteiger partial charge on any atom is -0.481 e. The second kappa shape index (κ2) is 8.77. The Balaban J connectivity index is 1.73. The highest BCUT2D eigenvalue weighted by atomic mass is 16.4. The molecule has 152 valence electrons. The summed E-state index contributed by atoms with van der Waals surface area (Å²) in [5.41, 5.74) is 6.79. The second-order valence-electron chi connectivity index (χ2n) is 7.52. The first-order chi connectivity index (χ1) is 13.9. The molecule has 0 unspecified atom stereocenters. The van der Waals surface area contributed by atoms with Crippen molar-refractivity contribution in [3.63, 3.8) is 0 Å². The van der Waals surface area contributed by atoms with Crippen molar-refractivity contribution in [2.45, 2.75) is 32.2 Å². The van der Waals surface area contributed by atoms with E-state index in [0.717, 1.165) is 17.7 Å². The summed E-state index contributed by atoms with van der Waals surface area (Å²) in [6, 6.07) is 16.8. The number of nitrogens with two attached hydrogens (primary N) is 1. The Morgan fingerprint density at radius 2 is 1.79 bits per heavy atom. The number of aliphatic carboxylic acids is 1. The number of carbonyl (C=O) groups is 3. The number of primary amides is 1. The number of hydrogen-bond acceptors (Lipinski definition) is 4. The van der Waals surface area contributed by atoms with Gasteiger partial charge >= 0.3 is 5.97 Å². The van der Waals surface area contributed by atoms with Crippen molar-refractivity contribution in [3.05, 3.63) is 60.2 Å². The number of amides is 2. The molecule has 0 heterocycles. The minimum atomic E-state index is -0.937. The van der Waals surface area contributed by atoms with Gasteiger partial charge < -0.3 is 21.1 Å². The van der Waals surface area contributed by atoms with E-state index in [9.17, 15) is 19.5 Å². The Bertz CT molecular complexity index is 894. The van der Waals surface area contributed by atoms with Crippen molar-refractivity contribution in [1.82, 2.24) is 0 Å². The van der Waals surface area contributed by atoms with Crippen LogP contribution in [0.4, 0.5) is 11.4 Å². The summed E-state index contributed by atoms with van der Waals surface area (Å²) in [5, 5.41) is 12.2. The van der Waals surface area contributed by atoms with E-state index in [1.807, 2.05) is 41.3 Å². The number of carbonyl (C=O) groups excluding carboxylic acids is 2. The molecule has 7 nitrogen and oxygen atoms in total. The van der Waals surface area contributed by atoms with Gasteiger partial charge in [-0.05, 0) is 36.6 Å². The first-order valence-electron chi connectivity index (χ1n) is 9.58. The predicted octanol–water partition coefficient (Wildman–Crippen LogP) is 2.76. The van der Waals surface area contributed by atoms with Gasteiger partial charge in [0, 0.05) is 24.3 Å². The van der Waals surface area contributed by atoms with Gasteiger partial charge in [0.05, 0.1) is 12.0 Å². The highest BCUT2D eigenvalue weighted by Crippen LogP contribution is 2.44. The fourth-order valence-corrected chi connectivity index (χ4v) is 3.59. The van der Waals surface area contributed by atoms with Crippen LogP contribution in [0.25, 0.3) is 0 Å². The molecular formula is C22H25N3O4. The number of nitrogens with one attached hydrogen (secondary N) is 1. The molecule has 7 heteroatoms. The third kappa shape index (κ3) is 5.13. The molecule has 0 radical (unpaired) electrons. The maximum absolute atomic E-state index is 12.4. The molecule has 2 amide bonds. The van der Waals surface area contributed by atoms with Gasteiger partial charge in [0.15, 0.2) is 0 Å². The van der Waals surface area contributed by atoms with Crippen LogP contribution in [0.2, 0.25) is 0 Å². The number of nitrogens with zero attached hydrogens (tertiary/aromatic N) is 1. The van der Waals surface area contributed by atoms with Crippen molar-refractivity contribution < 1.29 is 19.5 Å². The molecule has 0 bridgehead atoms. The lowest BCUT2D eigenvalue weighted by atomic mass is 9.66. The first kappa shape index (κ1) is 20.4. The maximum atomic E-state index is 12.4. The lowest BCUT2D eigenvalue weighted by Gasteiger charge is -2.36. The zero-order valence-electron chi connectivity index (χ0n) is 16.1. The van der Waals surface area contributed by atoms with Gasteiger partial charge in [-0.2, -0.15) is 0 Å². The van der Waals surface area contributed by atoms with Crippen LogP contribution in [0.15, 0.2) is 54.6 Å². The Morgan fingerprint density at radius 1 is 1.07 bits per heavy atom. The van der Waals surface area contributed by atoms with Crippen LogP contribution >= 0.6 is 0 Å². The standard InChI is InChI=1S/C22H25N3O4/c23-19(26)15-25(14-16-6-2-1-3-7-16)18-9-4-8-17(12-18)24-20(27)13-22(21(28)29)10-5-11-22/h1-4,6-9,12H,5,10-11,13-15H2,(H2,23,26)(H,24,27)(H,28,29). The third-order valence-electron chi connectivity index (χ3n) is 5.32. The Kier molecular flexibility index (Phi) is 6.16. The lowest BCUT2D eigenvalue weighted by molar-refractivity contribution is -0.157. The van der Waals surface area contributed by atoms with E-state index in [-0.39, 0.29) is 18.9 Å². The van der Waals surface area contributed by atoms with E-state index in [1.165, 1.54) is 0 Å². The van der Waals surface area contributed by atoms with Gasteiger partial charge in [-0.25, -0.2) is 0 Å². The van der Waals surface area contributed by atoms with Gasteiger partial charge in [-0.1, -0.05) is 42.8 Å². The molecule has 0 aromatic heterocycles. The maximum Gasteiger partial charge on any atom is 0.310 e. The Hall–Kier alpha value is -3.35. The number of hydrogen-bond donors (Lipinski definition) is 3. The van der Waals surface area contributed by atoms with Crippen LogP contribution in [0.3, 0.4) is 0 Å². The predicted molar refractivity (Wildman–Crippen MR) is 110 cm³/mol. The van der Waals surface area contributed by atoms with Gasteiger partial charge in [-0.3, -0.25) is 14.4 Å². The molecule has 1 aliphatic rings. The molecule has 1 saturated carbocycles. The average Bonchev–Trinajstić information content (AvgIpc) is 2.64. The summed E-state index contributed by atoms with van der Waals surface area (Å²) < 4.78 is 0. The molecular weight excluding hydrogens is 370 g/mol. The molecule has 0 atom stereocenters. The molecule has 2 aromatic carbocycles. The van der Waals surface area contributed by atoms with Crippen LogP contribution in [0.1, 0.15) is 31.2 Å². The first-order valence-corrected chi connectivity index (χ1v) is 9.58.